The molecule has 2 rings (SSSR count). The topological polar surface area (TPSA) is 84.2 Å². The highest BCUT2D eigenvalue weighted by Gasteiger charge is 2.23. The molecule has 0 saturated heterocycles. The van der Waals surface area contributed by atoms with Gasteiger partial charge in [-0.05, 0) is 38.3 Å². The number of hydrogen-bond donors (Lipinski definition) is 2. The molecular weight excluding hydrogens is 318 g/mol. The van der Waals surface area contributed by atoms with Gasteiger partial charge in [-0.15, -0.1) is 0 Å². The van der Waals surface area contributed by atoms with Crippen LogP contribution in [-0.4, -0.2) is 33.3 Å². The first-order valence-corrected chi connectivity index (χ1v) is 8.44. The summed E-state index contributed by atoms with van der Waals surface area (Å²) in [7, 11) is 0. The van der Waals surface area contributed by atoms with E-state index in [4.69, 9.17) is 0 Å². The first-order chi connectivity index (χ1) is 11.8. The molecule has 0 aliphatic rings. The fraction of sp³-hybridized carbons (Fsp3) is 0.421. The monoisotopic (exact) mass is 343 g/mol. The number of aliphatic carboxylic acids is 1. The maximum atomic E-state index is 12.6. The van der Waals surface area contributed by atoms with Crippen LogP contribution in [0.5, 0.6) is 0 Å². The van der Waals surface area contributed by atoms with E-state index >= 15 is 0 Å². The third kappa shape index (κ3) is 4.47. The molecule has 134 valence electrons. The Morgan fingerprint density at radius 3 is 2.40 bits per heavy atom. The summed E-state index contributed by atoms with van der Waals surface area (Å²) >= 11 is 0. The van der Waals surface area contributed by atoms with Crippen molar-refractivity contribution in [3.8, 4) is 5.69 Å². The van der Waals surface area contributed by atoms with E-state index in [2.05, 4.69) is 10.4 Å². The average Bonchev–Trinajstić information content (AvgIpc) is 2.86. The molecule has 1 heterocycles. The van der Waals surface area contributed by atoms with Crippen LogP contribution in [-0.2, 0) is 4.79 Å². The maximum Gasteiger partial charge on any atom is 0.308 e. The van der Waals surface area contributed by atoms with E-state index in [1.165, 1.54) is 0 Å². The lowest BCUT2D eigenvalue weighted by molar-refractivity contribution is -0.142. The highest BCUT2D eigenvalue weighted by atomic mass is 16.4. The Kier molecular flexibility index (Phi) is 5.96. The summed E-state index contributed by atoms with van der Waals surface area (Å²) in [5.41, 5.74) is 2.73. The first-order valence-electron chi connectivity index (χ1n) is 8.44. The number of nitrogens with one attached hydrogen (secondary N) is 1. The second kappa shape index (κ2) is 7.96. The number of nitrogens with zero attached hydrogens (tertiary/aromatic N) is 2. The zero-order chi connectivity index (χ0) is 18.6. The van der Waals surface area contributed by atoms with E-state index in [1.54, 1.807) is 11.6 Å². The van der Waals surface area contributed by atoms with Crippen molar-refractivity contribution >= 4 is 11.9 Å². The van der Waals surface area contributed by atoms with Crippen LogP contribution in [0.2, 0.25) is 0 Å². The van der Waals surface area contributed by atoms with Crippen molar-refractivity contribution in [2.45, 2.75) is 34.1 Å². The number of amides is 1. The largest absolute Gasteiger partial charge is 0.481 e. The van der Waals surface area contributed by atoms with E-state index < -0.39 is 11.9 Å². The summed E-state index contributed by atoms with van der Waals surface area (Å²) in [5.74, 6) is -1.51. The molecule has 0 spiro atoms. The molecule has 1 aromatic heterocycles. The van der Waals surface area contributed by atoms with Gasteiger partial charge in [0.25, 0.3) is 5.91 Å². The molecule has 0 aliphatic carbocycles. The van der Waals surface area contributed by atoms with Gasteiger partial charge in [-0.3, -0.25) is 9.59 Å². The van der Waals surface area contributed by atoms with Gasteiger partial charge < -0.3 is 10.4 Å². The summed E-state index contributed by atoms with van der Waals surface area (Å²) in [6.45, 7) is 7.67. The van der Waals surface area contributed by atoms with Gasteiger partial charge in [0, 0.05) is 6.54 Å². The molecule has 1 aromatic carbocycles. The molecule has 25 heavy (non-hydrogen) atoms. The molecule has 0 fully saturated rings. The molecule has 1 unspecified atom stereocenters. The Balaban J connectivity index is 2.17. The lowest BCUT2D eigenvalue weighted by Gasteiger charge is -2.15. The summed E-state index contributed by atoms with van der Waals surface area (Å²) in [4.78, 5) is 23.9. The molecule has 0 saturated carbocycles. The minimum Gasteiger partial charge on any atom is -0.481 e. The zero-order valence-corrected chi connectivity index (χ0v) is 15.1. The lowest BCUT2D eigenvalue weighted by atomic mass is 9.97. The van der Waals surface area contributed by atoms with Crippen LogP contribution in [0.3, 0.4) is 0 Å². The third-order valence-electron chi connectivity index (χ3n) is 4.13. The van der Waals surface area contributed by atoms with Crippen molar-refractivity contribution < 1.29 is 14.7 Å². The van der Waals surface area contributed by atoms with Crippen molar-refractivity contribution in [2.75, 3.05) is 6.54 Å². The molecule has 6 nitrogen and oxygen atoms in total. The number of carboxylic acids is 1. The van der Waals surface area contributed by atoms with E-state index in [0.717, 1.165) is 11.4 Å². The third-order valence-corrected chi connectivity index (χ3v) is 4.13. The van der Waals surface area contributed by atoms with Gasteiger partial charge in [0.15, 0.2) is 0 Å². The van der Waals surface area contributed by atoms with Crippen molar-refractivity contribution in [1.29, 1.82) is 0 Å². The van der Waals surface area contributed by atoms with Crippen LogP contribution in [0.25, 0.3) is 5.69 Å². The van der Waals surface area contributed by atoms with Crippen LogP contribution < -0.4 is 5.32 Å². The summed E-state index contributed by atoms with van der Waals surface area (Å²) in [6, 6.07) is 9.59. The normalized spacial score (nSPS) is 12.2. The number of aromatic nitrogens is 2. The summed E-state index contributed by atoms with van der Waals surface area (Å²) < 4.78 is 1.73. The highest BCUT2D eigenvalue weighted by Crippen LogP contribution is 2.18. The van der Waals surface area contributed by atoms with Crippen LogP contribution in [0.15, 0.2) is 30.3 Å². The van der Waals surface area contributed by atoms with Gasteiger partial charge in [0.05, 0.1) is 28.6 Å². The van der Waals surface area contributed by atoms with Crippen molar-refractivity contribution in [2.24, 2.45) is 11.8 Å². The molecule has 0 bridgehead atoms. The lowest BCUT2D eigenvalue weighted by Crippen LogP contribution is -2.34. The SMILES string of the molecule is Cc1nn(-c2ccccc2)c(C)c1C(=O)NCC(CC(C)C)C(=O)O. The minimum absolute atomic E-state index is 0.113. The maximum absolute atomic E-state index is 12.6. The molecule has 1 amide bonds. The molecule has 2 N–H and O–H groups in total. The van der Waals surface area contributed by atoms with Gasteiger partial charge in [-0.1, -0.05) is 32.0 Å². The Morgan fingerprint density at radius 1 is 1.20 bits per heavy atom. The number of aryl methyl sites for hydroxylation is 1. The smallest absolute Gasteiger partial charge is 0.308 e. The second-order valence-electron chi connectivity index (χ2n) is 6.67. The molecule has 2 aromatic rings. The zero-order valence-electron chi connectivity index (χ0n) is 15.1. The number of carbonyl (C=O) groups excluding carboxylic acids is 1. The van der Waals surface area contributed by atoms with Gasteiger partial charge in [0.2, 0.25) is 0 Å². The van der Waals surface area contributed by atoms with Crippen LogP contribution in [0.4, 0.5) is 0 Å². The fourth-order valence-corrected chi connectivity index (χ4v) is 2.94. The van der Waals surface area contributed by atoms with Crippen LogP contribution >= 0.6 is 0 Å². The number of rotatable bonds is 7. The Morgan fingerprint density at radius 2 is 1.84 bits per heavy atom. The van der Waals surface area contributed by atoms with Crippen LogP contribution in [0.1, 0.15) is 42.0 Å². The Labute approximate surface area is 147 Å². The first kappa shape index (κ1) is 18.7. The molecular formula is C19H25N3O3. The van der Waals surface area contributed by atoms with E-state index in [0.29, 0.717) is 17.7 Å². The van der Waals surface area contributed by atoms with Crippen LogP contribution in [0, 0.1) is 25.7 Å². The number of hydrogen-bond acceptors (Lipinski definition) is 3. The average molecular weight is 343 g/mol. The standard InChI is InChI=1S/C19H25N3O3/c1-12(2)10-15(19(24)25)11-20-18(23)17-13(3)21-22(14(17)4)16-8-6-5-7-9-16/h5-9,12,15H,10-11H2,1-4H3,(H,20,23)(H,24,25). The quantitative estimate of drug-likeness (QED) is 0.809. The van der Waals surface area contributed by atoms with Gasteiger partial charge >= 0.3 is 5.97 Å². The van der Waals surface area contributed by atoms with Gasteiger partial charge in [-0.25, -0.2) is 4.68 Å². The molecule has 1 atom stereocenters. The van der Waals surface area contributed by atoms with E-state index in [-0.39, 0.29) is 18.4 Å². The molecule has 0 radical (unpaired) electrons. The number of carboxylic acid groups (broad SMARTS) is 1. The predicted octanol–water partition coefficient (Wildman–Crippen LogP) is 2.97. The second-order valence-corrected chi connectivity index (χ2v) is 6.67. The number of para-hydroxylation sites is 1. The van der Waals surface area contributed by atoms with Crippen molar-refractivity contribution in [3.63, 3.8) is 0 Å². The van der Waals surface area contributed by atoms with E-state index in [9.17, 15) is 14.7 Å². The Hall–Kier alpha value is -2.63. The van der Waals surface area contributed by atoms with Gasteiger partial charge in [-0.2, -0.15) is 5.10 Å². The predicted molar refractivity (Wildman–Crippen MR) is 96.0 cm³/mol. The minimum atomic E-state index is -0.887. The number of carbonyl (C=O) groups is 2. The summed E-state index contributed by atoms with van der Waals surface area (Å²) in [5, 5.41) is 16.5. The van der Waals surface area contributed by atoms with E-state index in [1.807, 2.05) is 51.1 Å². The molecule has 0 aliphatic heterocycles. The number of benzene rings is 1. The Bertz CT molecular complexity index is 751. The molecule has 6 heteroatoms. The highest BCUT2D eigenvalue weighted by molar-refractivity contribution is 5.96. The van der Waals surface area contributed by atoms with Gasteiger partial charge in [0.1, 0.15) is 0 Å². The van der Waals surface area contributed by atoms with Crippen molar-refractivity contribution in [3.05, 3.63) is 47.3 Å². The van der Waals surface area contributed by atoms with Crippen molar-refractivity contribution in [1.82, 2.24) is 15.1 Å². The fourth-order valence-electron chi connectivity index (χ4n) is 2.94. The summed E-state index contributed by atoms with van der Waals surface area (Å²) in [6.07, 6.45) is 0.525.